The third-order valence-corrected chi connectivity index (χ3v) is 4.19. The summed E-state index contributed by atoms with van der Waals surface area (Å²) in [7, 11) is 0. The van der Waals surface area contributed by atoms with Crippen LogP contribution >= 0.6 is 0 Å². The van der Waals surface area contributed by atoms with Crippen LogP contribution in [0, 0.1) is 0 Å². The van der Waals surface area contributed by atoms with E-state index in [-0.39, 0.29) is 11.8 Å². The van der Waals surface area contributed by atoms with Crippen molar-refractivity contribution >= 4 is 11.9 Å². The molecule has 0 radical (unpaired) electrons. The number of aromatic nitrogens is 3. The number of anilines is 1. The average molecular weight is 298 g/mol. The molecule has 1 aliphatic heterocycles. The van der Waals surface area contributed by atoms with Gasteiger partial charge < -0.3 is 0 Å². The van der Waals surface area contributed by atoms with Crippen LogP contribution in [0.2, 0.25) is 0 Å². The molecule has 2 heterocycles. The van der Waals surface area contributed by atoms with E-state index in [0.717, 1.165) is 50.0 Å². The minimum Gasteiger partial charge on any atom is -0.297 e. The molecular weight excluding hydrogens is 276 g/mol. The lowest BCUT2D eigenvalue weighted by Crippen LogP contribution is -2.24. The van der Waals surface area contributed by atoms with Crippen LogP contribution < -0.4 is 5.32 Å². The summed E-state index contributed by atoms with van der Waals surface area (Å²) in [6, 6.07) is 9.95. The molecule has 116 valence electrons. The minimum absolute atomic E-state index is 0.00817. The van der Waals surface area contributed by atoms with Crippen molar-refractivity contribution < 1.29 is 4.79 Å². The van der Waals surface area contributed by atoms with Gasteiger partial charge in [0.15, 0.2) is 0 Å². The molecule has 0 saturated carbocycles. The molecule has 0 bridgehead atoms. The van der Waals surface area contributed by atoms with Gasteiger partial charge in [-0.2, -0.15) is 0 Å². The summed E-state index contributed by atoms with van der Waals surface area (Å²) in [5, 5.41) is 11.3. The second-order valence-electron chi connectivity index (χ2n) is 5.79. The van der Waals surface area contributed by atoms with Crippen LogP contribution in [0.25, 0.3) is 0 Å². The van der Waals surface area contributed by atoms with Gasteiger partial charge in [0.05, 0.1) is 5.92 Å². The fourth-order valence-corrected chi connectivity index (χ4v) is 3.02. The average Bonchev–Trinajstić information content (AvgIpc) is 2.96. The molecule has 0 saturated heterocycles. The van der Waals surface area contributed by atoms with Gasteiger partial charge >= 0.3 is 0 Å². The van der Waals surface area contributed by atoms with E-state index in [1.54, 1.807) is 0 Å². The zero-order chi connectivity index (χ0) is 15.4. The van der Waals surface area contributed by atoms with Crippen LogP contribution in [-0.4, -0.2) is 20.7 Å². The Kier molecular flexibility index (Phi) is 4.51. The van der Waals surface area contributed by atoms with Gasteiger partial charge in [0.25, 0.3) is 0 Å². The van der Waals surface area contributed by atoms with Crippen molar-refractivity contribution in [3.63, 3.8) is 0 Å². The number of carbonyl (C=O) groups excluding carboxylic acids is 1. The number of hydrogen-bond acceptors (Lipinski definition) is 3. The molecule has 1 amide bonds. The first-order chi connectivity index (χ1) is 10.8. The topological polar surface area (TPSA) is 59.8 Å². The maximum atomic E-state index is 12.7. The summed E-state index contributed by atoms with van der Waals surface area (Å²) in [5.74, 6) is 1.45. The van der Waals surface area contributed by atoms with Crippen molar-refractivity contribution in [2.45, 2.75) is 51.5 Å². The monoisotopic (exact) mass is 298 g/mol. The summed E-state index contributed by atoms with van der Waals surface area (Å²) >= 11 is 0. The number of rotatable bonds is 5. The Morgan fingerprint density at radius 2 is 2.09 bits per heavy atom. The highest BCUT2D eigenvalue weighted by molar-refractivity contribution is 5.94. The fraction of sp³-hybridized carbons (Fsp3) is 0.471. The number of amides is 1. The number of nitrogens with one attached hydrogen (secondary N) is 1. The fourth-order valence-electron chi connectivity index (χ4n) is 3.02. The molecule has 1 N–H and O–H groups in total. The maximum Gasteiger partial charge on any atom is 0.234 e. The van der Waals surface area contributed by atoms with Crippen molar-refractivity contribution in [2.75, 3.05) is 5.32 Å². The Balaban J connectivity index is 1.78. The molecule has 5 nitrogen and oxygen atoms in total. The maximum absolute atomic E-state index is 12.7. The smallest absolute Gasteiger partial charge is 0.234 e. The molecule has 1 aromatic carbocycles. The van der Waals surface area contributed by atoms with Crippen LogP contribution in [0.1, 0.15) is 49.9 Å². The molecule has 1 unspecified atom stereocenters. The van der Waals surface area contributed by atoms with E-state index in [1.807, 2.05) is 34.9 Å². The van der Waals surface area contributed by atoms with Gasteiger partial charge in [0, 0.05) is 13.0 Å². The molecule has 0 fully saturated rings. The lowest BCUT2D eigenvalue weighted by Gasteiger charge is -2.18. The first-order valence-electron chi connectivity index (χ1n) is 8.07. The summed E-state index contributed by atoms with van der Waals surface area (Å²) in [5.41, 5.74) is 1.06. The zero-order valence-electron chi connectivity index (χ0n) is 13.0. The Hall–Kier alpha value is -2.17. The molecule has 22 heavy (non-hydrogen) atoms. The number of benzene rings is 1. The highest BCUT2D eigenvalue weighted by atomic mass is 16.2. The van der Waals surface area contributed by atoms with Crippen molar-refractivity contribution in [3.8, 4) is 0 Å². The van der Waals surface area contributed by atoms with Crippen molar-refractivity contribution in [3.05, 3.63) is 41.7 Å². The quantitative estimate of drug-likeness (QED) is 0.922. The molecule has 1 aromatic heterocycles. The summed E-state index contributed by atoms with van der Waals surface area (Å²) in [4.78, 5) is 12.7. The van der Waals surface area contributed by atoms with Gasteiger partial charge in [-0.3, -0.25) is 14.7 Å². The SMILES string of the molecule is CCCC(C(=O)Nc1nnc2n1CCCC2)c1ccccc1. The van der Waals surface area contributed by atoms with E-state index in [4.69, 9.17) is 0 Å². The predicted molar refractivity (Wildman–Crippen MR) is 85.7 cm³/mol. The second-order valence-corrected chi connectivity index (χ2v) is 5.79. The molecule has 1 aliphatic rings. The number of fused-ring (bicyclic) bond motifs is 1. The van der Waals surface area contributed by atoms with Gasteiger partial charge in [-0.05, 0) is 24.8 Å². The summed E-state index contributed by atoms with van der Waals surface area (Å²) in [6.45, 7) is 2.99. The van der Waals surface area contributed by atoms with Crippen molar-refractivity contribution in [1.29, 1.82) is 0 Å². The third-order valence-electron chi connectivity index (χ3n) is 4.19. The molecular formula is C17H22N4O. The number of hydrogen-bond donors (Lipinski definition) is 1. The molecule has 1 atom stereocenters. The van der Waals surface area contributed by atoms with E-state index < -0.39 is 0 Å². The number of aryl methyl sites for hydroxylation is 1. The number of carbonyl (C=O) groups is 1. The highest BCUT2D eigenvalue weighted by Crippen LogP contribution is 2.24. The summed E-state index contributed by atoms with van der Waals surface area (Å²) < 4.78 is 2.04. The molecule has 0 aliphatic carbocycles. The van der Waals surface area contributed by atoms with E-state index in [2.05, 4.69) is 22.4 Å². The van der Waals surface area contributed by atoms with Gasteiger partial charge in [-0.15, -0.1) is 10.2 Å². The van der Waals surface area contributed by atoms with E-state index in [1.165, 1.54) is 0 Å². The molecule has 2 aromatic rings. The number of nitrogens with zero attached hydrogens (tertiary/aromatic N) is 3. The Morgan fingerprint density at radius 1 is 1.27 bits per heavy atom. The summed E-state index contributed by atoms with van der Waals surface area (Å²) in [6.07, 6.45) is 5.00. The van der Waals surface area contributed by atoms with Gasteiger partial charge in [-0.25, -0.2) is 0 Å². The lowest BCUT2D eigenvalue weighted by atomic mass is 9.94. The Bertz CT molecular complexity index is 635. The minimum atomic E-state index is -0.136. The first kappa shape index (κ1) is 14.8. The highest BCUT2D eigenvalue weighted by Gasteiger charge is 2.23. The molecule has 5 heteroatoms. The van der Waals surface area contributed by atoms with E-state index >= 15 is 0 Å². The Labute approximate surface area is 130 Å². The zero-order valence-corrected chi connectivity index (χ0v) is 13.0. The van der Waals surface area contributed by atoms with Crippen molar-refractivity contribution in [2.24, 2.45) is 0 Å². The van der Waals surface area contributed by atoms with Gasteiger partial charge in [-0.1, -0.05) is 43.7 Å². The van der Waals surface area contributed by atoms with Gasteiger partial charge in [0.1, 0.15) is 5.82 Å². The third kappa shape index (κ3) is 3.03. The van der Waals surface area contributed by atoms with Crippen LogP contribution in [-0.2, 0) is 17.8 Å². The normalized spacial score (nSPS) is 15.1. The van der Waals surface area contributed by atoms with Crippen LogP contribution in [0.4, 0.5) is 5.95 Å². The molecule has 3 rings (SSSR count). The van der Waals surface area contributed by atoms with E-state index in [0.29, 0.717) is 5.95 Å². The van der Waals surface area contributed by atoms with Crippen LogP contribution in [0.15, 0.2) is 30.3 Å². The second kappa shape index (κ2) is 6.73. The van der Waals surface area contributed by atoms with E-state index in [9.17, 15) is 4.79 Å². The van der Waals surface area contributed by atoms with Crippen LogP contribution in [0.3, 0.4) is 0 Å². The first-order valence-corrected chi connectivity index (χ1v) is 8.07. The predicted octanol–water partition coefficient (Wildman–Crippen LogP) is 3.14. The van der Waals surface area contributed by atoms with Crippen LogP contribution in [0.5, 0.6) is 0 Å². The van der Waals surface area contributed by atoms with Crippen molar-refractivity contribution in [1.82, 2.24) is 14.8 Å². The molecule has 0 spiro atoms. The standard InChI is InChI=1S/C17H22N4O/c1-2-8-14(13-9-4-3-5-10-13)16(22)18-17-20-19-15-11-6-7-12-21(15)17/h3-5,9-10,14H,2,6-8,11-12H2,1H3,(H,18,20,22). The Morgan fingerprint density at radius 3 is 2.86 bits per heavy atom. The van der Waals surface area contributed by atoms with Gasteiger partial charge in [0.2, 0.25) is 11.9 Å². The largest absolute Gasteiger partial charge is 0.297 e. The lowest BCUT2D eigenvalue weighted by molar-refractivity contribution is -0.117.